The van der Waals surface area contributed by atoms with Crippen molar-refractivity contribution in [2.45, 2.75) is 12.5 Å². The highest BCUT2D eigenvalue weighted by Crippen LogP contribution is 2.16. The van der Waals surface area contributed by atoms with Crippen molar-refractivity contribution in [1.82, 2.24) is 0 Å². The Balaban J connectivity index is 2.11. The Kier molecular flexibility index (Phi) is 3.75. The molecule has 0 amide bonds. The lowest BCUT2D eigenvalue weighted by atomic mass is 10.0. The summed E-state index contributed by atoms with van der Waals surface area (Å²) in [6, 6.07) is 17.0. The Morgan fingerprint density at radius 3 is 2.06 bits per heavy atom. The zero-order chi connectivity index (χ0) is 13.0. The summed E-state index contributed by atoms with van der Waals surface area (Å²) in [5, 5.41) is 18.1. The molecule has 1 atom stereocenters. The number of hydrogen-bond donors (Lipinski definition) is 2. The molecule has 0 spiro atoms. The van der Waals surface area contributed by atoms with E-state index in [-0.39, 0.29) is 0 Å². The van der Waals surface area contributed by atoms with Crippen molar-refractivity contribution in [1.29, 1.82) is 0 Å². The summed E-state index contributed by atoms with van der Waals surface area (Å²) in [4.78, 5) is 10.6. The molecule has 0 unspecified atom stereocenters. The molecular formula is C15H14O3. The number of benzene rings is 2. The van der Waals surface area contributed by atoms with E-state index in [9.17, 15) is 9.90 Å². The molecule has 0 radical (unpaired) electrons. The van der Waals surface area contributed by atoms with Crippen LogP contribution in [0.3, 0.4) is 0 Å². The first-order chi connectivity index (χ1) is 8.66. The molecule has 0 saturated heterocycles. The number of carboxylic acid groups (broad SMARTS) is 1. The predicted molar refractivity (Wildman–Crippen MR) is 68.3 cm³/mol. The lowest BCUT2D eigenvalue weighted by Gasteiger charge is -2.07. The number of rotatable bonds is 4. The summed E-state index contributed by atoms with van der Waals surface area (Å²) < 4.78 is 0. The molecule has 0 aromatic heterocycles. The van der Waals surface area contributed by atoms with Crippen LogP contribution in [-0.4, -0.2) is 16.2 Å². The van der Waals surface area contributed by atoms with Crippen molar-refractivity contribution < 1.29 is 15.0 Å². The van der Waals surface area contributed by atoms with E-state index in [0.29, 0.717) is 5.56 Å². The molecule has 0 aliphatic rings. The highest BCUT2D eigenvalue weighted by molar-refractivity contribution is 5.73. The fraction of sp³-hybridized carbons (Fsp3) is 0.133. The van der Waals surface area contributed by atoms with Crippen molar-refractivity contribution in [3.05, 3.63) is 71.3 Å². The monoisotopic (exact) mass is 242 g/mol. The second-order valence-corrected chi connectivity index (χ2v) is 4.14. The van der Waals surface area contributed by atoms with Crippen molar-refractivity contribution >= 4 is 5.97 Å². The van der Waals surface area contributed by atoms with E-state index in [1.54, 1.807) is 12.1 Å². The largest absolute Gasteiger partial charge is 0.479 e. The molecule has 0 aliphatic heterocycles. The maximum Gasteiger partial charge on any atom is 0.337 e. The van der Waals surface area contributed by atoms with Gasteiger partial charge in [0, 0.05) is 0 Å². The van der Waals surface area contributed by atoms with Crippen LogP contribution < -0.4 is 0 Å². The third kappa shape index (κ3) is 2.96. The summed E-state index contributed by atoms with van der Waals surface area (Å²) in [6.45, 7) is 0. The van der Waals surface area contributed by atoms with Crippen LogP contribution in [0.15, 0.2) is 54.6 Å². The second-order valence-electron chi connectivity index (χ2n) is 4.14. The van der Waals surface area contributed by atoms with Gasteiger partial charge in [-0.25, -0.2) is 4.79 Å². The third-order valence-corrected chi connectivity index (χ3v) is 2.78. The van der Waals surface area contributed by atoms with Gasteiger partial charge < -0.3 is 10.2 Å². The Morgan fingerprint density at radius 1 is 0.944 bits per heavy atom. The van der Waals surface area contributed by atoms with Gasteiger partial charge in [0.05, 0.1) is 0 Å². The molecule has 18 heavy (non-hydrogen) atoms. The first-order valence-electron chi connectivity index (χ1n) is 5.70. The van der Waals surface area contributed by atoms with Gasteiger partial charge in [0.15, 0.2) is 6.10 Å². The fourth-order valence-electron chi connectivity index (χ4n) is 1.79. The van der Waals surface area contributed by atoms with Gasteiger partial charge in [0.25, 0.3) is 0 Å². The summed E-state index contributed by atoms with van der Waals surface area (Å²) in [6.07, 6.45) is -0.652. The van der Waals surface area contributed by atoms with Gasteiger partial charge in [-0.1, -0.05) is 54.6 Å². The zero-order valence-electron chi connectivity index (χ0n) is 9.78. The van der Waals surface area contributed by atoms with Crippen LogP contribution in [-0.2, 0) is 11.2 Å². The lowest BCUT2D eigenvalue weighted by Crippen LogP contribution is -2.10. The minimum atomic E-state index is -1.45. The number of carbonyl (C=O) groups is 1. The van der Waals surface area contributed by atoms with Gasteiger partial charge in [-0.05, 0) is 23.1 Å². The van der Waals surface area contributed by atoms with Crippen LogP contribution in [0.5, 0.6) is 0 Å². The smallest absolute Gasteiger partial charge is 0.337 e. The quantitative estimate of drug-likeness (QED) is 0.865. The third-order valence-electron chi connectivity index (χ3n) is 2.78. The van der Waals surface area contributed by atoms with Crippen molar-refractivity contribution in [3.8, 4) is 0 Å². The second kappa shape index (κ2) is 5.47. The van der Waals surface area contributed by atoms with Crippen LogP contribution in [0.1, 0.15) is 22.8 Å². The van der Waals surface area contributed by atoms with Crippen molar-refractivity contribution in [3.63, 3.8) is 0 Å². The summed E-state index contributed by atoms with van der Waals surface area (Å²) in [7, 11) is 0. The number of hydrogen-bond acceptors (Lipinski definition) is 2. The minimum Gasteiger partial charge on any atom is -0.479 e. The van der Waals surface area contributed by atoms with Crippen LogP contribution in [0.25, 0.3) is 0 Å². The molecule has 92 valence electrons. The molecule has 2 aromatic carbocycles. The molecule has 0 fully saturated rings. The molecule has 0 heterocycles. The molecule has 2 aromatic rings. The number of aliphatic carboxylic acids is 1. The number of carboxylic acids is 1. The summed E-state index contributed by atoms with van der Waals surface area (Å²) in [5.41, 5.74) is 2.69. The van der Waals surface area contributed by atoms with E-state index in [1.807, 2.05) is 42.5 Å². The van der Waals surface area contributed by atoms with Crippen molar-refractivity contribution in [2.75, 3.05) is 0 Å². The maximum absolute atomic E-state index is 10.6. The molecule has 0 aliphatic carbocycles. The van der Waals surface area contributed by atoms with Crippen molar-refractivity contribution in [2.24, 2.45) is 0 Å². The topological polar surface area (TPSA) is 57.5 Å². The van der Waals surface area contributed by atoms with Crippen LogP contribution in [0, 0.1) is 0 Å². The molecule has 3 nitrogen and oxygen atoms in total. The molecule has 2 rings (SSSR count). The maximum atomic E-state index is 10.6. The van der Waals surface area contributed by atoms with Crippen LogP contribution >= 0.6 is 0 Å². The Bertz CT molecular complexity index is 517. The normalized spacial score (nSPS) is 12.1. The van der Waals surface area contributed by atoms with E-state index in [1.165, 1.54) is 5.56 Å². The van der Waals surface area contributed by atoms with E-state index in [0.717, 1.165) is 12.0 Å². The molecule has 2 N–H and O–H groups in total. The Hall–Kier alpha value is -2.13. The van der Waals surface area contributed by atoms with Gasteiger partial charge in [-0.15, -0.1) is 0 Å². The first-order valence-corrected chi connectivity index (χ1v) is 5.70. The van der Waals surface area contributed by atoms with Gasteiger partial charge in [0.1, 0.15) is 0 Å². The molecule has 3 heteroatoms. The molecular weight excluding hydrogens is 228 g/mol. The van der Waals surface area contributed by atoms with E-state index >= 15 is 0 Å². The van der Waals surface area contributed by atoms with Gasteiger partial charge >= 0.3 is 5.97 Å². The number of aliphatic hydroxyl groups is 1. The molecule has 0 bridgehead atoms. The first kappa shape index (κ1) is 12.3. The van der Waals surface area contributed by atoms with Gasteiger partial charge in [0.2, 0.25) is 0 Å². The van der Waals surface area contributed by atoms with E-state index < -0.39 is 12.1 Å². The summed E-state index contributed by atoms with van der Waals surface area (Å²) in [5.74, 6) is -1.23. The van der Waals surface area contributed by atoms with E-state index in [2.05, 4.69) is 0 Å². The van der Waals surface area contributed by atoms with Gasteiger partial charge in [-0.2, -0.15) is 0 Å². The lowest BCUT2D eigenvalue weighted by molar-refractivity contribution is -0.146. The van der Waals surface area contributed by atoms with Gasteiger partial charge in [-0.3, -0.25) is 0 Å². The highest BCUT2D eigenvalue weighted by Gasteiger charge is 2.15. The average Bonchev–Trinajstić information content (AvgIpc) is 2.40. The van der Waals surface area contributed by atoms with Crippen LogP contribution in [0.2, 0.25) is 0 Å². The number of aliphatic hydroxyl groups excluding tert-OH is 1. The average molecular weight is 242 g/mol. The Morgan fingerprint density at radius 2 is 1.50 bits per heavy atom. The van der Waals surface area contributed by atoms with Crippen LogP contribution in [0.4, 0.5) is 0 Å². The predicted octanol–water partition coefficient (Wildman–Crippen LogP) is 2.40. The zero-order valence-corrected chi connectivity index (χ0v) is 9.78. The molecule has 0 saturated carbocycles. The fourth-order valence-corrected chi connectivity index (χ4v) is 1.79. The summed E-state index contributed by atoms with van der Waals surface area (Å²) >= 11 is 0. The SMILES string of the molecule is O=C(O)[C@H](O)c1ccc(Cc2ccccc2)cc1. The highest BCUT2D eigenvalue weighted by atomic mass is 16.4. The Labute approximate surface area is 105 Å². The van der Waals surface area contributed by atoms with E-state index in [4.69, 9.17) is 5.11 Å². The standard InChI is InChI=1S/C15H14O3/c16-14(15(17)18)13-8-6-12(7-9-13)10-11-4-2-1-3-5-11/h1-9,14,16H,10H2,(H,17,18)/t14-/m1/s1. The minimum absolute atomic E-state index is 0.402.